The van der Waals surface area contributed by atoms with Gasteiger partial charge in [-0.25, -0.2) is 0 Å². The number of nitrogens with two attached hydrogens (primary N) is 2. The van der Waals surface area contributed by atoms with E-state index in [2.05, 4.69) is 10.6 Å². The van der Waals surface area contributed by atoms with Crippen LogP contribution in [0.15, 0.2) is 24.3 Å². The zero-order chi connectivity index (χ0) is 22.9. The predicted molar refractivity (Wildman–Crippen MR) is 125 cm³/mol. The van der Waals surface area contributed by atoms with Crippen LogP contribution in [-0.4, -0.2) is 67.1 Å². The molecule has 1 atom stereocenters. The molecule has 0 aromatic heterocycles. The molecule has 0 heterocycles. The third-order valence-electron chi connectivity index (χ3n) is 4.99. The minimum Gasteiger partial charge on any atom is -0.508 e. The van der Waals surface area contributed by atoms with E-state index in [0.717, 1.165) is 57.5 Å². The highest BCUT2D eigenvalue weighted by molar-refractivity contribution is 5.97. The summed E-state index contributed by atoms with van der Waals surface area (Å²) in [4.78, 5) is 26.6. The van der Waals surface area contributed by atoms with Crippen molar-refractivity contribution in [1.82, 2.24) is 15.5 Å². The summed E-state index contributed by atoms with van der Waals surface area (Å²) < 4.78 is 0. The molecule has 176 valence electrons. The lowest BCUT2D eigenvalue weighted by molar-refractivity contribution is -0.145. The van der Waals surface area contributed by atoms with E-state index in [1.807, 2.05) is 6.92 Å². The predicted octanol–water partition coefficient (Wildman–Crippen LogP) is 1.12. The molecule has 31 heavy (non-hydrogen) atoms. The Labute approximate surface area is 186 Å². The summed E-state index contributed by atoms with van der Waals surface area (Å²) in [5.41, 5.74) is 12.4. The number of nitrogens with one attached hydrogen (secondary N) is 2. The van der Waals surface area contributed by atoms with Gasteiger partial charge in [0, 0.05) is 13.0 Å². The van der Waals surface area contributed by atoms with Crippen molar-refractivity contribution in [2.75, 3.05) is 39.3 Å². The summed E-state index contributed by atoms with van der Waals surface area (Å²) in [5.74, 6) is -0.342. The van der Waals surface area contributed by atoms with E-state index in [-0.39, 0.29) is 17.6 Å². The minimum atomic E-state index is -0.787. The molecule has 7 N–H and O–H groups in total. The monoisotopic (exact) mass is 435 g/mol. The van der Waals surface area contributed by atoms with Crippen molar-refractivity contribution in [2.45, 2.75) is 57.9 Å². The van der Waals surface area contributed by atoms with E-state index in [0.29, 0.717) is 32.2 Å². The summed E-state index contributed by atoms with van der Waals surface area (Å²) >= 11 is 0. The van der Waals surface area contributed by atoms with Gasteiger partial charge in [-0.2, -0.15) is 0 Å². The molecular formula is C23H41N5O3. The summed E-state index contributed by atoms with van der Waals surface area (Å²) in [5, 5.41) is 16.1. The van der Waals surface area contributed by atoms with Crippen molar-refractivity contribution in [2.24, 2.45) is 11.5 Å². The molecule has 0 unspecified atom stereocenters. The van der Waals surface area contributed by atoms with E-state index < -0.39 is 6.04 Å². The fourth-order valence-corrected chi connectivity index (χ4v) is 3.22. The van der Waals surface area contributed by atoms with Gasteiger partial charge in [0.05, 0.1) is 6.04 Å². The molecule has 0 aliphatic rings. The highest BCUT2D eigenvalue weighted by Gasteiger charge is 2.25. The van der Waals surface area contributed by atoms with Crippen LogP contribution in [0.3, 0.4) is 0 Å². The lowest BCUT2D eigenvalue weighted by Crippen LogP contribution is -2.48. The van der Waals surface area contributed by atoms with E-state index >= 15 is 0 Å². The fraction of sp³-hybridized carbons (Fsp3) is 0.652. The van der Waals surface area contributed by atoms with Gasteiger partial charge in [0.1, 0.15) is 5.75 Å². The molecule has 1 aromatic carbocycles. The number of hydrogen-bond donors (Lipinski definition) is 5. The van der Waals surface area contributed by atoms with Gasteiger partial charge in [0.2, 0.25) is 11.8 Å². The number of rotatable bonds is 17. The highest BCUT2D eigenvalue weighted by Crippen LogP contribution is 2.12. The molecule has 0 spiro atoms. The summed E-state index contributed by atoms with van der Waals surface area (Å²) in [6, 6.07) is 5.81. The van der Waals surface area contributed by atoms with E-state index in [4.69, 9.17) is 11.5 Å². The van der Waals surface area contributed by atoms with Crippen LogP contribution in [0.4, 0.5) is 0 Å². The van der Waals surface area contributed by atoms with E-state index in [9.17, 15) is 14.7 Å². The third kappa shape index (κ3) is 11.8. The maximum absolute atomic E-state index is 12.8. The average molecular weight is 436 g/mol. The van der Waals surface area contributed by atoms with Gasteiger partial charge in [-0.1, -0.05) is 19.1 Å². The van der Waals surface area contributed by atoms with Gasteiger partial charge >= 0.3 is 0 Å². The number of unbranched alkanes of at least 4 members (excludes halogenated alkanes) is 1. The number of amides is 2. The van der Waals surface area contributed by atoms with Gasteiger partial charge in [-0.3, -0.25) is 14.5 Å². The molecule has 0 aliphatic heterocycles. The lowest BCUT2D eigenvalue weighted by Gasteiger charge is -2.24. The molecule has 1 aromatic rings. The standard InChI is InChI=1S/C23H41N5O3/c1-2-7-22(30)28(17-6-16-27-14-4-3-13-26-15-5-12-24)23(31)21(25)18-19-8-10-20(29)11-9-19/h8-11,21,26-27,29H,2-7,12-18,24-25H2,1H3/t21-/m0/s1. The molecule has 2 amide bonds. The quantitative estimate of drug-likeness (QED) is 0.231. The second kappa shape index (κ2) is 16.7. The largest absolute Gasteiger partial charge is 0.508 e. The number of carbonyl (C=O) groups excluding carboxylic acids is 2. The van der Waals surface area contributed by atoms with Gasteiger partial charge in [0.25, 0.3) is 0 Å². The summed E-state index contributed by atoms with van der Waals surface area (Å²) in [6.07, 6.45) is 5.22. The molecule has 0 fully saturated rings. The highest BCUT2D eigenvalue weighted by atomic mass is 16.3. The normalized spacial score (nSPS) is 12.0. The number of phenolic OH excluding ortho intramolecular Hbond substituents is 1. The smallest absolute Gasteiger partial charge is 0.246 e. The van der Waals surface area contributed by atoms with Crippen molar-refractivity contribution in [3.05, 3.63) is 29.8 Å². The Morgan fingerprint density at radius 2 is 1.58 bits per heavy atom. The van der Waals surface area contributed by atoms with Crippen molar-refractivity contribution in [1.29, 1.82) is 0 Å². The van der Waals surface area contributed by atoms with Gasteiger partial charge in [-0.15, -0.1) is 0 Å². The van der Waals surface area contributed by atoms with Crippen molar-refractivity contribution < 1.29 is 14.7 Å². The van der Waals surface area contributed by atoms with Crippen LogP contribution in [-0.2, 0) is 16.0 Å². The molecule has 8 nitrogen and oxygen atoms in total. The van der Waals surface area contributed by atoms with E-state index in [1.54, 1.807) is 24.3 Å². The van der Waals surface area contributed by atoms with Crippen LogP contribution in [0.1, 0.15) is 51.0 Å². The average Bonchev–Trinajstić information content (AvgIpc) is 2.76. The Kier molecular flexibility index (Phi) is 14.5. The van der Waals surface area contributed by atoms with Crippen LogP contribution in [0.2, 0.25) is 0 Å². The zero-order valence-corrected chi connectivity index (χ0v) is 18.9. The first-order valence-corrected chi connectivity index (χ1v) is 11.5. The first kappa shape index (κ1) is 27.0. The second-order valence-electron chi connectivity index (χ2n) is 7.81. The van der Waals surface area contributed by atoms with Crippen LogP contribution < -0.4 is 22.1 Å². The first-order chi connectivity index (χ1) is 15.0. The molecule has 8 heteroatoms. The van der Waals surface area contributed by atoms with Crippen LogP contribution in [0.25, 0.3) is 0 Å². The van der Waals surface area contributed by atoms with E-state index in [1.165, 1.54) is 4.90 Å². The second-order valence-corrected chi connectivity index (χ2v) is 7.81. The Hall–Kier alpha value is -2.00. The topological polar surface area (TPSA) is 134 Å². The number of phenols is 1. The molecule has 0 saturated carbocycles. The maximum atomic E-state index is 12.8. The fourth-order valence-electron chi connectivity index (χ4n) is 3.22. The van der Waals surface area contributed by atoms with Crippen LogP contribution >= 0.6 is 0 Å². The number of imide groups is 1. The number of carbonyl (C=O) groups is 2. The summed E-state index contributed by atoms with van der Waals surface area (Å²) in [7, 11) is 0. The molecule has 1 rings (SSSR count). The molecular weight excluding hydrogens is 394 g/mol. The minimum absolute atomic E-state index is 0.166. The number of hydrogen-bond acceptors (Lipinski definition) is 7. The zero-order valence-electron chi connectivity index (χ0n) is 18.9. The van der Waals surface area contributed by atoms with Crippen LogP contribution in [0, 0.1) is 0 Å². The Bertz CT molecular complexity index is 624. The molecule has 0 bridgehead atoms. The Morgan fingerprint density at radius 3 is 2.16 bits per heavy atom. The van der Waals surface area contributed by atoms with Crippen LogP contribution in [0.5, 0.6) is 5.75 Å². The van der Waals surface area contributed by atoms with Gasteiger partial charge in [-0.05, 0) is 88.9 Å². The molecule has 0 aliphatic carbocycles. The number of aromatic hydroxyl groups is 1. The first-order valence-electron chi connectivity index (χ1n) is 11.5. The molecule has 0 saturated heterocycles. The maximum Gasteiger partial charge on any atom is 0.246 e. The SMILES string of the molecule is CCCC(=O)N(CCCNCCCCNCCCN)C(=O)[C@@H](N)Cc1ccc(O)cc1. The number of nitrogens with zero attached hydrogens (tertiary/aromatic N) is 1. The van der Waals surface area contributed by atoms with Crippen molar-refractivity contribution in [3.8, 4) is 5.75 Å². The van der Waals surface area contributed by atoms with Crippen molar-refractivity contribution >= 4 is 11.8 Å². The third-order valence-corrected chi connectivity index (χ3v) is 4.99. The van der Waals surface area contributed by atoms with Crippen molar-refractivity contribution in [3.63, 3.8) is 0 Å². The molecule has 0 radical (unpaired) electrons. The van der Waals surface area contributed by atoms with Gasteiger partial charge < -0.3 is 27.2 Å². The Morgan fingerprint density at radius 1 is 1.00 bits per heavy atom. The summed E-state index contributed by atoms with van der Waals surface area (Å²) in [6.45, 7) is 6.63. The van der Waals surface area contributed by atoms with Gasteiger partial charge in [0.15, 0.2) is 0 Å². The number of benzene rings is 1. The lowest BCUT2D eigenvalue weighted by atomic mass is 10.0. The Balaban J connectivity index is 2.37.